The largest absolute Gasteiger partial charge is 0.490 e. The first-order valence-electron chi connectivity index (χ1n) is 9.06. The average Bonchev–Trinajstić information content (AvgIpc) is 3.23. The van der Waals surface area contributed by atoms with Crippen molar-refractivity contribution in [1.82, 2.24) is 9.62 Å². The molecule has 3 rings (SSSR count). The van der Waals surface area contributed by atoms with Gasteiger partial charge in [0.25, 0.3) is 0 Å². The molecule has 1 spiro atoms. The summed E-state index contributed by atoms with van der Waals surface area (Å²) >= 11 is 1.80. The smallest absolute Gasteiger partial charge is 0.475 e. The van der Waals surface area contributed by atoms with E-state index in [9.17, 15) is 21.6 Å². The molecule has 2 fully saturated rings. The molecule has 0 aliphatic carbocycles. The first-order chi connectivity index (χ1) is 13.4. The van der Waals surface area contributed by atoms with Gasteiger partial charge in [0, 0.05) is 31.1 Å². The van der Waals surface area contributed by atoms with E-state index in [0.717, 1.165) is 45.3 Å². The van der Waals surface area contributed by atoms with E-state index in [1.807, 2.05) is 0 Å². The Hall–Kier alpha value is -1.21. The molecule has 2 aliphatic rings. The van der Waals surface area contributed by atoms with Gasteiger partial charge in [-0.15, -0.1) is 11.3 Å². The van der Waals surface area contributed by atoms with E-state index in [0.29, 0.717) is 6.54 Å². The molecule has 0 unspecified atom stereocenters. The average molecular weight is 459 g/mol. The van der Waals surface area contributed by atoms with Crippen LogP contribution in [0.5, 0.6) is 0 Å². The van der Waals surface area contributed by atoms with Crippen LogP contribution in [0.25, 0.3) is 0 Å². The minimum atomic E-state index is -5.08. The minimum absolute atomic E-state index is 0.00478. The van der Waals surface area contributed by atoms with Crippen LogP contribution in [0.3, 0.4) is 0 Å². The topological polar surface area (TPSA) is 95.9 Å². The zero-order valence-corrected chi connectivity index (χ0v) is 17.6. The van der Waals surface area contributed by atoms with Crippen LogP contribution < -0.4 is 4.72 Å². The first kappa shape index (κ1) is 24.1. The number of sulfonamides is 1. The molecule has 2 saturated heterocycles. The molecule has 0 amide bonds. The number of carboxylic acid groups (broad SMARTS) is 1. The third kappa shape index (κ3) is 8.21. The van der Waals surface area contributed by atoms with Crippen LogP contribution in [0, 0.1) is 0 Å². The number of carbonyl (C=O) groups is 1. The second kappa shape index (κ2) is 9.73. The van der Waals surface area contributed by atoms with Gasteiger partial charge in [-0.1, -0.05) is 6.07 Å². The van der Waals surface area contributed by atoms with Crippen molar-refractivity contribution in [3.63, 3.8) is 0 Å². The highest BCUT2D eigenvalue weighted by molar-refractivity contribution is 7.88. The van der Waals surface area contributed by atoms with Crippen molar-refractivity contribution in [2.45, 2.75) is 50.1 Å². The Labute approximate surface area is 171 Å². The summed E-state index contributed by atoms with van der Waals surface area (Å²) in [6.45, 7) is 3.41. The van der Waals surface area contributed by atoms with Crippen molar-refractivity contribution >= 4 is 27.3 Å². The van der Waals surface area contributed by atoms with Gasteiger partial charge in [-0.3, -0.25) is 4.90 Å². The molecule has 7 nitrogen and oxygen atoms in total. The predicted molar refractivity (Wildman–Crippen MR) is 102 cm³/mol. The van der Waals surface area contributed by atoms with Gasteiger partial charge in [0.15, 0.2) is 0 Å². The van der Waals surface area contributed by atoms with Crippen LogP contribution in [0.1, 0.15) is 30.6 Å². The highest BCUT2D eigenvalue weighted by Gasteiger charge is 2.43. The van der Waals surface area contributed by atoms with Crippen LogP contribution in [0.4, 0.5) is 13.2 Å². The number of hydrogen-bond acceptors (Lipinski definition) is 6. The molecule has 1 aromatic heterocycles. The molecule has 0 aromatic carbocycles. The normalized spacial score (nSPS) is 25.6. The lowest BCUT2D eigenvalue weighted by Crippen LogP contribution is -2.46. The van der Waals surface area contributed by atoms with Crippen molar-refractivity contribution in [2.75, 3.05) is 25.9 Å². The van der Waals surface area contributed by atoms with Crippen molar-refractivity contribution in [2.24, 2.45) is 0 Å². The summed E-state index contributed by atoms with van der Waals surface area (Å²) in [5, 5.41) is 9.24. The van der Waals surface area contributed by atoms with Crippen LogP contribution in [-0.4, -0.2) is 68.2 Å². The van der Waals surface area contributed by atoms with Gasteiger partial charge < -0.3 is 9.84 Å². The van der Waals surface area contributed by atoms with Gasteiger partial charge in [-0.2, -0.15) is 13.2 Å². The van der Waals surface area contributed by atoms with Gasteiger partial charge in [0.1, 0.15) is 0 Å². The molecule has 29 heavy (non-hydrogen) atoms. The minimum Gasteiger partial charge on any atom is -0.475 e. The predicted octanol–water partition coefficient (Wildman–Crippen LogP) is 2.44. The molecule has 1 aromatic rings. The van der Waals surface area contributed by atoms with E-state index >= 15 is 0 Å². The molecule has 166 valence electrons. The summed E-state index contributed by atoms with van der Waals surface area (Å²) in [6, 6.07) is 4.27. The number of alkyl halides is 3. The summed E-state index contributed by atoms with van der Waals surface area (Å²) in [4.78, 5) is 12.7. The maximum Gasteiger partial charge on any atom is 0.490 e. The number of likely N-dealkylation sites (tertiary alicyclic amines) is 1. The number of nitrogens with zero attached hydrogens (tertiary/aromatic N) is 1. The first-order valence-corrected chi connectivity index (χ1v) is 11.8. The Morgan fingerprint density at radius 1 is 1.45 bits per heavy atom. The number of carboxylic acids is 1. The molecule has 0 radical (unpaired) electrons. The SMILES string of the molecule is CS(=O)(=O)NC[C@H]1CCC[C@]2(CCN(Cc3cccs3)C2)O1.O=C(O)C(F)(F)F. The number of thiophene rings is 1. The van der Waals surface area contributed by atoms with Gasteiger partial charge in [0.2, 0.25) is 10.0 Å². The van der Waals surface area contributed by atoms with Gasteiger partial charge in [0.05, 0.1) is 18.0 Å². The Morgan fingerprint density at radius 2 is 2.14 bits per heavy atom. The van der Waals surface area contributed by atoms with Gasteiger partial charge in [-0.05, 0) is 37.1 Å². The van der Waals surface area contributed by atoms with Crippen LogP contribution in [-0.2, 0) is 26.1 Å². The van der Waals surface area contributed by atoms with Crippen LogP contribution >= 0.6 is 11.3 Å². The van der Waals surface area contributed by atoms with E-state index < -0.39 is 22.2 Å². The molecule has 2 aliphatic heterocycles. The van der Waals surface area contributed by atoms with Gasteiger partial charge in [-0.25, -0.2) is 17.9 Å². The maximum atomic E-state index is 11.2. The zero-order valence-electron chi connectivity index (χ0n) is 15.9. The van der Waals surface area contributed by atoms with E-state index in [-0.39, 0.29) is 11.7 Å². The standard InChI is InChI=1S/C15H24N2O3S2.C2HF3O2/c1-22(18,19)16-10-13-4-2-6-15(20-13)7-8-17(12-15)11-14-5-3-9-21-14;3-2(4,5)1(6)7/h3,5,9,13,16H,2,4,6-8,10-12H2,1H3;(H,6,7)/t13-,15-;/m1./s1. The monoisotopic (exact) mass is 458 g/mol. The lowest BCUT2D eigenvalue weighted by molar-refractivity contribution is -0.192. The third-order valence-corrected chi connectivity index (χ3v) is 6.30. The third-order valence-electron chi connectivity index (χ3n) is 4.75. The molecular weight excluding hydrogens is 433 g/mol. The van der Waals surface area contributed by atoms with E-state index in [4.69, 9.17) is 14.6 Å². The molecule has 0 bridgehead atoms. The molecule has 3 heterocycles. The molecule has 2 atom stereocenters. The molecule has 12 heteroatoms. The number of aliphatic carboxylic acids is 1. The second-order valence-corrected chi connectivity index (χ2v) is 10.1. The van der Waals surface area contributed by atoms with Crippen LogP contribution in [0.15, 0.2) is 17.5 Å². The number of halogens is 3. The highest BCUT2D eigenvalue weighted by Crippen LogP contribution is 2.37. The fourth-order valence-corrected chi connectivity index (χ4v) is 4.73. The van der Waals surface area contributed by atoms with Crippen LogP contribution in [0.2, 0.25) is 0 Å². The van der Waals surface area contributed by atoms with E-state index in [1.165, 1.54) is 11.1 Å². The number of ether oxygens (including phenoxy) is 1. The number of hydrogen-bond donors (Lipinski definition) is 2. The van der Waals surface area contributed by atoms with Gasteiger partial charge >= 0.3 is 12.1 Å². The molecule has 2 N–H and O–H groups in total. The number of nitrogens with one attached hydrogen (secondary N) is 1. The van der Waals surface area contributed by atoms with Crippen molar-refractivity contribution in [3.05, 3.63) is 22.4 Å². The maximum absolute atomic E-state index is 11.2. The summed E-state index contributed by atoms with van der Waals surface area (Å²) in [7, 11) is -3.14. The Morgan fingerprint density at radius 3 is 2.69 bits per heavy atom. The quantitative estimate of drug-likeness (QED) is 0.704. The van der Waals surface area contributed by atoms with Crippen molar-refractivity contribution in [3.8, 4) is 0 Å². The summed E-state index contributed by atoms with van der Waals surface area (Å²) in [6.07, 6.45) is 0.309. The second-order valence-electron chi connectivity index (χ2n) is 7.28. The summed E-state index contributed by atoms with van der Waals surface area (Å²) in [5.74, 6) is -2.76. The molecular formula is C17H25F3N2O5S2. The van der Waals surface area contributed by atoms with E-state index in [2.05, 4.69) is 27.1 Å². The Balaban J connectivity index is 0.000000370. The highest BCUT2D eigenvalue weighted by atomic mass is 32.2. The fraction of sp³-hybridized carbons (Fsp3) is 0.706. The molecule has 0 saturated carbocycles. The van der Waals surface area contributed by atoms with E-state index in [1.54, 1.807) is 11.3 Å². The summed E-state index contributed by atoms with van der Waals surface area (Å²) in [5.41, 5.74) is -0.0701. The lowest BCUT2D eigenvalue weighted by atomic mass is 9.90. The lowest BCUT2D eigenvalue weighted by Gasteiger charge is -2.38. The number of rotatable bonds is 5. The van der Waals surface area contributed by atoms with Crippen molar-refractivity contribution in [1.29, 1.82) is 0 Å². The van der Waals surface area contributed by atoms with Crippen molar-refractivity contribution < 1.29 is 36.2 Å². The fourth-order valence-electron chi connectivity index (χ4n) is 3.50. The zero-order chi connectivity index (χ0) is 21.7. The Kier molecular flexibility index (Phi) is 8.08. The summed E-state index contributed by atoms with van der Waals surface area (Å²) < 4.78 is 63.1. The Bertz CT molecular complexity index is 771.